The van der Waals surface area contributed by atoms with Crippen molar-refractivity contribution >= 4 is 11.4 Å². The molecule has 1 amide bonds. The van der Waals surface area contributed by atoms with E-state index in [0.29, 0.717) is 18.2 Å². The lowest BCUT2D eigenvalue weighted by atomic mass is 10.2. The second-order valence-corrected chi connectivity index (χ2v) is 6.09. The fourth-order valence-electron chi connectivity index (χ4n) is 2.76. The maximum absolute atomic E-state index is 12.3. The van der Waals surface area contributed by atoms with E-state index in [1.807, 2.05) is 41.8 Å². The van der Waals surface area contributed by atoms with Gasteiger partial charge in [-0.25, -0.2) is 4.98 Å². The molecule has 0 aliphatic carbocycles. The number of fused-ring (bicyclic) bond motifs is 1. The predicted octanol–water partition coefficient (Wildman–Crippen LogP) is 3.21. The molecule has 120 valence electrons. The van der Waals surface area contributed by atoms with Gasteiger partial charge in [0.15, 0.2) is 5.69 Å². The molecule has 23 heavy (non-hydrogen) atoms. The molecule has 3 aromatic rings. The molecule has 1 N–H and O–H groups in total. The van der Waals surface area contributed by atoms with E-state index in [9.17, 15) is 4.79 Å². The number of aromatic nitrogens is 3. The number of hydrogen-bond donors (Lipinski definition) is 1. The molecular formula is C18H22N4O. The highest BCUT2D eigenvalue weighted by atomic mass is 16.1. The number of carbonyl (C=O) groups is 1. The molecule has 0 saturated heterocycles. The van der Waals surface area contributed by atoms with Crippen LogP contribution in [0.25, 0.3) is 16.9 Å². The van der Waals surface area contributed by atoms with E-state index in [-0.39, 0.29) is 5.91 Å². The van der Waals surface area contributed by atoms with Gasteiger partial charge in [0.05, 0.1) is 5.52 Å². The molecule has 5 nitrogen and oxygen atoms in total. The second kappa shape index (κ2) is 6.28. The van der Waals surface area contributed by atoms with Crippen LogP contribution in [0.15, 0.2) is 42.9 Å². The number of pyridine rings is 1. The number of carbonyl (C=O) groups excluding carboxylic acids is 1. The Morgan fingerprint density at radius 1 is 1.26 bits per heavy atom. The third kappa shape index (κ3) is 2.99. The summed E-state index contributed by atoms with van der Waals surface area (Å²) in [7, 11) is 0. The van der Waals surface area contributed by atoms with Gasteiger partial charge in [0.25, 0.3) is 5.91 Å². The molecule has 0 spiro atoms. The van der Waals surface area contributed by atoms with Crippen molar-refractivity contribution in [3.05, 3.63) is 48.5 Å². The van der Waals surface area contributed by atoms with Crippen LogP contribution in [0.1, 0.15) is 31.3 Å². The minimum atomic E-state index is -0.135. The summed E-state index contributed by atoms with van der Waals surface area (Å²) >= 11 is 0. The van der Waals surface area contributed by atoms with E-state index in [2.05, 4.69) is 41.1 Å². The normalized spacial score (nSPS) is 11.3. The topological polar surface area (TPSA) is 51.3 Å². The molecule has 3 rings (SSSR count). The fourth-order valence-corrected chi connectivity index (χ4v) is 2.76. The van der Waals surface area contributed by atoms with Crippen molar-refractivity contribution in [2.45, 2.75) is 27.3 Å². The van der Waals surface area contributed by atoms with Crippen LogP contribution in [0.4, 0.5) is 0 Å². The Labute approximate surface area is 136 Å². The van der Waals surface area contributed by atoms with Gasteiger partial charge in [0, 0.05) is 37.2 Å². The molecule has 3 aromatic heterocycles. The first kappa shape index (κ1) is 15.3. The molecule has 0 aliphatic rings. The Morgan fingerprint density at radius 2 is 2.09 bits per heavy atom. The Kier molecular flexibility index (Phi) is 4.19. The highest BCUT2D eigenvalue weighted by Gasteiger charge is 2.18. The minimum Gasteiger partial charge on any atom is -0.353 e. The monoisotopic (exact) mass is 310 g/mol. The Hall–Kier alpha value is -2.56. The van der Waals surface area contributed by atoms with Crippen LogP contribution >= 0.6 is 0 Å². The van der Waals surface area contributed by atoms with Crippen LogP contribution in [0.5, 0.6) is 0 Å². The molecule has 0 atom stereocenters. The summed E-state index contributed by atoms with van der Waals surface area (Å²) in [5.74, 6) is 1.24. The first-order chi connectivity index (χ1) is 11.1. The van der Waals surface area contributed by atoms with Gasteiger partial charge in [0.2, 0.25) is 0 Å². The highest BCUT2D eigenvalue weighted by molar-refractivity contribution is 6.00. The van der Waals surface area contributed by atoms with E-state index in [1.54, 1.807) is 0 Å². The van der Waals surface area contributed by atoms with Crippen LogP contribution in [0.3, 0.4) is 0 Å². The Bertz CT molecular complexity index is 829. The molecule has 5 heteroatoms. The van der Waals surface area contributed by atoms with Gasteiger partial charge in [0.1, 0.15) is 5.82 Å². The van der Waals surface area contributed by atoms with Gasteiger partial charge < -0.3 is 9.88 Å². The van der Waals surface area contributed by atoms with Gasteiger partial charge in [-0.2, -0.15) is 0 Å². The van der Waals surface area contributed by atoms with E-state index in [1.165, 1.54) is 0 Å². The summed E-state index contributed by atoms with van der Waals surface area (Å²) in [6.07, 6.45) is 6.09. The zero-order valence-corrected chi connectivity index (χ0v) is 13.8. The van der Waals surface area contributed by atoms with Gasteiger partial charge in [-0.1, -0.05) is 19.9 Å². The number of imidazole rings is 1. The third-order valence-electron chi connectivity index (χ3n) is 3.69. The lowest BCUT2D eigenvalue weighted by Crippen LogP contribution is -2.23. The molecular weight excluding hydrogens is 288 g/mol. The Balaban J connectivity index is 2.07. The average Bonchev–Trinajstić information content (AvgIpc) is 3.11. The summed E-state index contributed by atoms with van der Waals surface area (Å²) < 4.78 is 4.13. The fraction of sp³-hybridized carbons (Fsp3) is 0.333. The first-order valence-electron chi connectivity index (χ1n) is 8.01. The van der Waals surface area contributed by atoms with Gasteiger partial charge >= 0.3 is 0 Å². The molecule has 0 aromatic carbocycles. The standard InChI is InChI=1S/C18H22N4O/c1-4-19-18(23)16-15-7-5-6-9-22(15)17(20-16)14-8-10-21(12-14)11-13(2)3/h5-10,12-13H,4,11H2,1-3H3,(H,19,23). The van der Waals surface area contributed by atoms with Crippen LogP contribution in [0.2, 0.25) is 0 Å². The molecule has 0 fully saturated rings. The second-order valence-electron chi connectivity index (χ2n) is 6.09. The van der Waals surface area contributed by atoms with E-state index >= 15 is 0 Å². The summed E-state index contributed by atoms with van der Waals surface area (Å²) in [6, 6.07) is 7.84. The van der Waals surface area contributed by atoms with Gasteiger partial charge in [-0.3, -0.25) is 9.20 Å². The van der Waals surface area contributed by atoms with Crippen molar-refractivity contribution in [3.8, 4) is 11.4 Å². The highest BCUT2D eigenvalue weighted by Crippen LogP contribution is 2.23. The largest absolute Gasteiger partial charge is 0.353 e. The maximum Gasteiger partial charge on any atom is 0.272 e. The van der Waals surface area contributed by atoms with Crippen molar-refractivity contribution in [2.24, 2.45) is 5.92 Å². The van der Waals surface area contributed by atoms with E-state index in [0.717, 1.165) is 23.4 Å². The van der Waals surface area contributed by atoms with Crippen LogP contribution in [-0.4, -0.2) is 26.4 Å². The molecule has 0 saturated carbocycles. The summed E-state index contributed by atoms with van der Waals surface area (Å²) in [4.78, 5) is 16.9. The molecule has 3 heterocycles. The SMILES string of the molecule is CCNC(=O)c1nc(-c2ccn(CC(C)C)c2)n2ccccc12. The van der Waals surface area contributed by atoms with Crippen molar-refractivity contribution in [2.75, 3.05) is 6.54 Å². The van der Waals surface area contributed by atoms with Gasteiger partial charge in [-0.05, 0) is 31.0 Å². The number of hydrogen-bond acceptors (Lipinski definition) is 2. The van der Waals surface area contributed by atoms with Crippen LogP contribution in [0, 0.1) is 5.92 Å². The van der Waals surface area contributed by atoms with Crippen molar-refractivity contribution < 1.29 is 4.79 Å². The number of nitrogens with one attached hydrogen (secondary N) is 1. The van der Waals surface area contributed by atoms with Crippen molar-refractivity contribution in [1.82, 2.24) is 19.3 Å². The molecule has 0 radical (unpaired) electrons. The zero-order chi connectivity index (χ0) is 16.4. The quantitative estimate of drug-likeness (QED) is 0.786. The van der Waals surface area contributed by atoms with Crippen molar-refractivity contribution in [3.63, 3.8) is 0 Å². The number of rotatable bonds is 5. The summed E-state index contributed by atoms with van der Waals surface area (Å²) in [5, 5.41) is 2.83. The van der Waals surface area contributed by atoms with Crippen LogP contribution < -0.4 is 5.32 Å². The van der Waals surface area contributed by atoms with Crippen molar-refractivity contribution in [1.29, 1.82) is 0 Å². The first-order valence-corrected chi connectivity index (χ1v) is 8.01. The summed E-state index contributed by atoms with van der Waals surface area (Å²) in [6.45, 7) is 7.84. The third-order valence-corrected chi connectivity index (χ3v) is 3.69. The number of amides is 1. The lowest BCUT2D eigenvalue weighted by molar-refractivity contribution is 0.0953. The minimum absolute atomic E-state index is 0.135. The molecule has 0 bridgehead atoms. The smallest absolute Gasteiger partial charge is 0.272 e. The van der Waals surface area contributed by atoms with Gasteiger partial charge in [-0.15, -0.1) is 0 Å². The number of nitrogens with zero attached hydrogens (tertiary/aromatic N) is 3. The van der Waals surface area contributed by atoms with Crippen LogP contribution in [-0.2, 0) is 6.54 Å². The van der Waals surface area contributed by atoms with E-state index < -0.39 is 0 Å². The average molecular weight is 310 g/mol. The van der Waals surface area contributed by atoms with E-state index in [4.69, 9.17) is 0 Å². The zero-order valence-electron chi connectivity index (χ0n) is 13.8. The Morgan fingerprint density at radius 3 is 2.83 bits per heavy atom. The predicted molar refractivity (Wildman–Crippen MR) is 91.5 cm³/mol. The lowest BCUT2D eigenvalue weighted by Gasteiger charge is -2.05. The maximum atomic E-state index is 12.3. The molecule has 0 unspecified atom stereocenters. The molecule has 0 aliphatic heterocycles. The summed E-state index contributed by atoms with van der Waals surface area (Å²) in [5.41, 5.74) is 2.31.